The molecule has 164 valence electrons. The number of aryl methyl sites for hydroxylation is 2. The van der Waals surface area contributed by atoms with E-state index in [9.17, 15) is 20.2 Å². The maximum absolute atomic E-state index is 13.5. The minimum atomic E-state index is -0.567. The normalized spacial score (nSPS) is 20.3. The van der Waals surface area contributed by atoms with Gasteiger partial charge >= 0.3 is 0 Å². The van der Waals surface area contributed by atoms with Crippen LogP contribution in [-0.2, 0) is 4.79 Å². The van der Waals surface area contributed by atoms with Crippen molar-refractivity contribution < 1.29 is 9.72 Å². The number of thiophene rings is 1. The molecule has 1 unspecified atom stereocenters. The van der Waals surface area contributed by atoms with Gasteiger partial charge in [0.15, 0.2) is 5.78 Å². The summed E-state index contributed by atoms with van der Waals surface area (Å²) in [7, 11) is 0. The number of Topliss-reactive ketones (excluding diaryl/α,β-unsaturated/α-hetero) is 1. The molecule has 32 heavy (non-hydrogen) atoms. The number of rotatable bonds is 3. The number of nitro benzene ring substituents is 1. The molecule has 0 saturated heterocycles. The first-order valence-electron chi connectivity index (χ1n) is 10.3. The van der Waals surface area contributed by atoms with E-state index in [1.54, 1.807) is 34.4 Å². The largest absolute Gasteiger partial charge is 0.384 e. The van der Waals surface area contributed by atoms with Crippen LogP contribution in [0.4, 0.5) is 11.4 Å². The Morgan fingerprint density at radius 3 is 2.56 bits per heavy atom. The number of anilines is 1. The second-order valence-corrected chi connectivity index (χ2v) is 10.6. The zero-order chi connectivity index (χ0) is 23.4. The third-order valence-electron chi connectivity index (χ3n) is 6.09. The number of allylic oxidation sites excluding steroid dienone is 3. The van der Waals surface area contributed by atoms with Gasteiger partial charge in [0.1, 0.15) is 11.5 Å². The third kappa shape index (κ3) is 3.39. The summed E-state index contributed by atoms with van der Waals surface area (Å²) in [6.45, 7) is 7.97. The summed E-state index contributed by atoms with van der Waals surface area (Å²) in [5.74, 6) is -0.477. The van der Waals surface area contributed by atoms with Gasteiger partial charge in [0.05, 0.1) is 22.5 Å². The molecular weight excluding hydrogens is 424 g/mol. The van der Waals surface area contributed by atoms with E-state index in [0.29, 0.717) is 24.1 Å². The highest BCUT2D eigenvalue weighted by Gasteiger charge is 2.46. The molecule has 2 N–H and O–H groups in total. The first-order chi connectivity index (χ1) is 15.1. The fourth-order valence-corrected chi connectivity index (χ4v) is 5.80. The molecule has 7 nitrogen and oxygen atoms in total. The number of hydrogen-bond donors (Lipinski definition) is 1. The number of carbonyl (C=O) groups excluding carboxylic acids is 1. The van der Waals surface area contributed by atoms with E-state index in [1.807, 2.05) is 33.8 Å². The van der Waals surface area contributed by atoms with Gasteiger partial charge in [-0.25, -0.2) is 0 Å². The summed E-state index contributed by atoms with van der Waals surface area (Å²) < 4.78 is 0. The van der Waals surface area contributed by atoms with Crippen LogP contribution in [-0.4, -0.2) is 10.7 Å². The summed E-state index contributed by atoms with van der Waals surface area (Å²) in [5, 5.41) is 21.9. The first-order valence-corrected chi connectivity index (χ1v) is 11.1. The molecule has 4 rings (SSSR count). The lowest BCUT2D eigenvalue weighted by atomic mass is 9.68. The van der Waals surface area contributed by atoms with Crippen LogP contribution in [0.5, 0.6) is 0 Å². The Balaban J connectivity index is 2.06. The van der Waals surface area contributed by atoms with Gasteiger partial charge in [-0.15, -0.1) is 11.3 Å². The van der Waals surface area contributed by atoms with Crippen molar-refractivity contribution in [1.82, 2.24) is 0 Å². The monoisotopic (exact) mass is 448 g/mol. The Labute approximate surface area is 190 Å². The number of benzene rings is 1. The van der Waals surface area contributed by atoms with Crippen LogP contribution >= 0.6 is 11.3 Å². The molecule has 0 radical (unpaired) electrons. The fourth-order valence-electron chi connectivity index (χ4n) is 4.84. The zero-order valence-corrected chi connectivity index (χ0v) is 19.2. The van der Waals surface area contributed by atoms with Crippen LogP contribution in [0, 0.1) is 40.7 Å². The number of nitrogens with two attached hydrogens (primary N) is 1. The third-order valence-corrected chi connectivity index (χ3v) is 7.07. The van der Waals surface area contributed by atoms with Crippen LogP contribution < -0.4 is 10.6 Å². The van der Waals surface area contributed by atoms with E-state index in [2.05, 4.69) is 6.07 Å². The van der Waals surface area contributed by atoms with Gasteiger partial charge < -0.3 is 5.73 Å². The van der Waals surface area contributed by atoms with Crippen LogP contribution in [0.3, 0.4) is 0 Å². The average Bonchev–Trinajstić information content (AvgIpc) is 3.04. The van der Waals surface area contributed by atoms with Crippen LogP contribution in [0.1, 0.15) is 47.9 Å². The maximum atomic E-state index is 13.5. The zero-order valence-electron chi connectivity index (χ0n) is 18.4. The lowest BCUT2D eigenvalue weighted by Gasteiger charge is -2.43. The van der Waals surface area contributed by atoms with Gasteiger partial charge in [-0.2, -0.15) is 5.26 Å². The van der Waals surface area contributed by atoms with Gasteiger partial charge in [-0.05, 0) is 43.4 Å². The Morgan fingerprint density at radius 2 is 1.97 bits per heavy atom. The highest BCUT2D eigenvalue weighted by atomic mass is 32.1. The van der Waals surface area contributed by atoms with Crippen molar-refractivity contribution in [3.63, 3.8) is 0 Å². The quantitative estimate of drug-likeness (QED) is 0.509. The van der Waals surface area contributed by atoms with Gasteiger partial charge in [0.2, 0.25) is 0 Å². The van der Waals surface area contributed by atoms with Crippen molar-refractivity contribution >= 4 is 28.5 Å². The van der Waals surface area contributed by atoms with Crippen LogP contribution in [0.2, 0.25) is 0 Å². The van der Waals surface area contributed by atoms with Crippen molar-refractivity contribution in [3.05, 3.63) is 78.4 Å². The molecule has 2 heterocycles. The number of ketones is 1. The first kappa shape index (κ1) is 21.8. The molecule has 0 saturated carbocycles. The van der Waals surface area contributed by atoms with Crippen molar-refractivity contribution in [3.8, 4) is 6.07 Å². The van der Waals surface area contributed by atoms with Crippen LogP contribution in [0.25, 0.3) is 0 Å². The number of hydrogen-bond acceptors (Lipinski definition) is 7. The topological polar surface area (TPSA) is 113 Å². The van der Waals surface area contributed by atoms with Crippen molar-refractivity contribution in [2.75, 3.05) is 4.90 Å². The number of nitriles is 1. The van der Waals surface area contributed by atoms with E-state index in [0.717, 1.165) is 15.3 Å². The minimum absolute atomic E-state index is 0.0478. The SMILES string of the molecule is Cc1cc(C2C(C#N)=C(N)N(c3ccccc3[N+](=O)[O-])C3=C2C(=O)CC(C)(C)C3)c(C)s1. The average molecular weight is 449 g/mol. The van der Waals surface area contributed by atoms with E-state index < -0.39 is 10.8 Å². The number of nitrogens with zero attached hydrogens (tertiary/aromatic N) is 3. The fraction of sp³-hybridized carbons (Fsp3) is 0.333. The summed E-state index contributed by atoms with van der Waals surface area (Å²) >= 11 is 1.61. The summed E-state index contributed by atoms with van der Waals surface area (Å²) in [4.78, 5) is 28.5. The van der Waals surface area contributed by atoms with Crippen molar-refractivity contribution in [1.29, 1.82) is 5.26 Å². The minimum Gasteiger partial charge on any atom is -0.384 e. The molecular formula is C24H24N4O3S. The molecule has 2 aliphatic rings. The molecule has 1 atom stereocenters. The molecule has 8 heteroatoms. The molecule has 0 amide bonds. The second kappa shape index (κ2) is 7.61. The van der Waals surface area contributed by atoms with Gasteiger partial charge in [-0.1, -0.05) is 26.0 Å². The van der Waals surface area contributed by atoms with E-state index >= 15 is 0 Å². The Bertz CT molecular complexity index is 1260. The highest BCUT2D eigenvalue weighted by molar-refractivity contribution is 7.12. The van der Waals surface area contributed by atoms with Crippen molar-refractivity contribution in [2.24, 2.45) is 11.1 Å². The number of carbonyl (C=O) groups is 1. The maximum Gasteiger partial charge on any atom is 0.293 e. The van der Waals surface area contributed by atoms with E-state index in [1.165, 1.54) is 6.07 Å². The number of nitro groups is 1. The number of para-hydroxylation sites is 2. The Kier molecular flexibility index (Phi) is 5.18. The molecule has 0 fully saturated rings. The molecule has 0 spiro atoms. The Morgan fingerprint density at radius 1 is 1.28 bits per heavy atom. The molecule has 1 aliphatic heterocycles. The predicted octanol–water partition coefficient (Wildman–Crippen LogP) is 5.21. The van der Waals surface area contributed by atoms with Gasteiger partial charge in [0, 0.05) is 33.5 Å². The van der Waals surface area contributed by atoms with E-state index in [4.69, 9.17) is 5.73 Å². The van der Waals surface area contributed by atoms with Crippen LogP contribution in [0.15, 0.2) is 53.0 Å². The summed E-state index contributed by atoms with van der Waals surface area (Å²) in [6, 6.07) is 10.5. The molecule has 0 bridgehead atoms. The van der Waals surface area contributed by atoms with Gasteiger partial charge in [0.25, 0.3) is 5.69 Å². The van der Waals surface area contributed by atoms with Crippen molar-refractivity contribution in [2.45, 2.75) is 46.5 Å². The predicted molar refractivity (Wildman–Crippen MR) is 124 cm³/mol. The standard InChI is InChI=1S/C24H24N4O3S/c1-13-9-15(14(2)32-13)21-16(12-25)23(26)27(17-7-5-6-8-18(17)28(30)31)19-10-24(3,4)11-20(29)22(19)21/h5-9,21H,10-11,26H2,1-4H3. The molecule has 1 aliphatic carbocycles. The second-order valence-electron chi connectivity index (χ2n) is 9.09. The molecule has 1 aromatic heterocycles. The molecule has 2 aromatic rings. The lowest BCUT2D eigenvalue weighted by molar-refractivity contribution is -0.384. The van der Waals surface area contributed by atoms with E-state index in [-0.39, 0.29) is 34.0 Å². The lowest BCUT2D eigenvalue weighted by Crippen LogP contribution is -2.42. The van der Waals surface area contributed by atoms with Gasteiger partial charge in [-0.3, -0.25) is 19.8 Å². The summed E-state index contributed by atoms with van der Waals surface area (Å²) in [5.41, 5.74) is 8.68. The summed E-state index contributed by atoms with van der Waals surface area (Å²) in [6.07, 6.45) is 0.853. The smallest absolute Gasteiger partial charge is 0.293 e. The molecule has 1 aromatic carbocycles. The highest BCUT2D eigenvalue weighted by Crippen LogP contribution is 2.52. The Hall–Kier alpha value is -3.44.